The second-order valence-corrected chi connectivity index (χ2v) is 13.0. The summed E-state index contributed by atoms with van der Waals surface area (Å²) in [5, 5.41) is 2.83. The van der Waals surface area contributed by atoms with Gasteiger partial charge in [-0.05, 0) is 66.6 Å². The number of nitrogens with zero attached hydrogens (tertiary/aromatic N) is 2. The molecule has 0 heterocycles. The largest absolute Gasteiger partial charge is 0.493 e. The summed E-state index contributed by atoms with van der Waals surface area (Å²) in [5.74, 6) is -1.10. The number of hydrogen-bond donors (Lipinski definition) is 1. The maximum Gasteiger partial charge on any atom is 0.264 e. The lowest BCUT2D eigenvalue weighted by Crippen LogP contribution is -2.53. The van der Waals surface area contributed by atoms with E-state index in [1.165, 1.54) is 49.5 Å². The Labute approximate surface area is 277 Å². The maximum absolute atomic E-state index is 14.4. The molecule has 4 aromatic carbocycles. The standard InChI is InChI=1S/C34H35BrFN3O6S/c1-4-37-34(41)30(20-24-8-6-5-7-9-24)38(22-25-10-12-26(35)13-11-25)33(40)23-39(28-16-14-27(36)15-17-28)46(42,43)29-18-19-31(44-2)32(21-29)45-3/h5-19,21,30H,4,20,22-23H2,1-3H3,(H,37,41)/t30-/m1/s1. The van der Waals surface area contributed by atoms with E-state index in [1.54, 1.807) is 6.92 Å². The molecule has 0 aliphatic heterocycles. The lowest BCUT2D eigenvalue weighted by atomic mass is 10.0. The highest BCUT2D eigenvalue weighted by Gasteiger charge is 2.35. The molecule has 0 saturated heterocycles. The van der Waals surface area contributed by atoms with E-state index < -0.39 is 34.3 Å². The quantitative estimate of drug-likeness (QED) is 0.183. The summed E-state index contributed by atoms with van der Waals surface area (Å²) >= 11 is 3.42. The van der Waals surface area contributed by atoms with Crippen LogP contribution in [0, 0.1) is 5.82 Å². The SMILES string of the molecule is CCNC(=O)[C@@H](Cc1ccccc1)N(Cc1ccc(Br)cc1)C(=O)CN(c1ccc(F)cc1)S(=O)(=O)c1ccc(OC)c(OC)c1. The van der Waals surface area contributed by atoms with Gasteiger partial charge in [-0.25, -0.2) is 12.8 Å². The van der Waals surface area contributed by atoms with Crippen molar-refractivity contribution in [3.8, 4) is 11.5 Å². The van der Waals surface area contributed by atoms with Crippen LogP contribution in [0.1, 0.15) is 18.1 Å². The van der Waals surface area contributed by atoms with Crippen LogP contribution in [0.3, 0.4) is 0 Å². The average Bonchev–Trinajstić information content (AvgIpc) is 3.06. The van der Waals surface area contributed by atoms with E-state index in [9.17, 15) is 22.4 Å². The number of carbonyl (C=O) groups is 2. The van der Waals surface area contributed by atoms with E-state index in [-0.39, 0.29) is 35.2 Å². The molecule has 12 heteroatoms. The van der Waals surface area contributed by atoms with Gasteiger partial charge in [-0.2, -0.15) is 0 Å². The molecule has 9 nitrogen and oxygen atoms in total. The Hall–Kier alpha value is -4.42. The van der Waals surface area contributed by atoms with Crippen molar-refractivity contribution >= 4 is 43.5 Å². The summed E-state index contributed by atoms with van der Waals surface area (Å²) in [7, 11) is -1.62. The van der Waals surface area contributed by atoms with Crippen LogP contribution in [-0.4, -0.2) is 58.5 Å². The van der Waals surface area contributed by atoms with Crippen LogP contribution in [0.2, 0.25) is 0 Å². The van der Waals surface area contributed by atoms with Crippen molar-refractivity contribution in [2.45, 2.75) is 30.8 Å². The first kappa shape index (κ1) is 34.5. The van der Waals surface area contributed by atoms with E-state index in [4.69, 9.17) is 9.47 Å². The zero-order valence-corrected chi connectivity index (χ0v) is 28.1. The highest BCUT2D eigenvalue weighted by atomic mass is 79.9. The molecule has 4 aromatic rings. The highest BCUT2D eigenvalue weighted by molar-refractivity contribution is 9.10. The van der Waals surface area contributed by atoms with Gasteiger partial charge in [0.25, 0.3) is 10.0 Å². The minimum Gasteiger partial charge on any atom is -0.493 e. The van der Waals surface area contributed by atoms with E-state index in [1.807, 2.05) is 54.6 Å². The third-order valence-electron chi connectivity index (χ3n) is 7.22. The number of ether oxygens (including phenoxy) is 2. The van der Waals surface area contributed by atoms with Crippen LogP contribution >= 0.6 is 15.9 Å². The molecule has 0 spiro atoms. The maximum atomic E-state index is 14.4. The summed E-state index contributed by atoms with van der Waals surface area (Å²) in [4.78, 5) is 29.2. The lowest BCUT2D eigenvalue weighted by molar-refractivity contribution is -0.140. The van der Waals surface area contributed by atoms with E-state index >= 15 is 0 Å². The van der Waals surface area contributed by atoms with Crippen molar-refractivity contribution in [3.05, 3.63) is 118 Å². The summed E-state index contributed by atoms with van der Waals surface area (Å²) in [6.45, 7) is 1.46. The molecular formula is C34H35BrFN3O6S. The van der Waals surface area contributed by atoms with Gasteiger partial charge in [0.1, 0.15) is 18.4 Å². The fraction of sp³-hybridized carbons (Fsp3) is 0.235. The molecule has 1 atom stereocenters. The van der Waals surface area contributed by atoms with Crippen molar-refractivity contribution in [2.75, 3.05) is 31.6 Å². The second kappa shape index (κ2) is 15.7. The monoisotopic (exact) mass is 711 g/mol. The Bertz CT molecular complexity index is 1740. The minimum atomic E-state index is -4.43. The zero-order valence-electron chi connectivity index (χ0n) is 25.7. The molecule has 0 aliphatic rings. The molecule has 0 fully saturated rings. The number of anilines is 1. The number of nitrogens with one attached hydrogen (secondary N) is 1. The van der Waals surface area contributed by atoms with Crippen molar-refractivity contribution in [1.29, 1.82) is 0 Å². The summed E-state index contributed by atoms with van der Waals surface area (Å²) in [6.07, 6.45) is 0.188. The number of hydrogen-bond acceptors (Lipinski definition) is 6. The number of rotatable bonds is 14. The molecular weight excluding hydrogens is 677 g/mol. The van der Waals surface area contributed by atoms with Gasteiger partial charge in [0, 0.05) is 30.0 Å². The Morgan fingerprint density at radius 2 is 1.52 bits per heavy atom. The van der Waals surface area contributed by atoms with Crippen LogP contribution < -0.4 is 19.1 Å². The van der Waals surface area contributed by atoms with Gasteiger partial charge in [0.05, 0.1) is 24.8 Å². The van der Waals surface area contributed by atoms with Crippen LogP contribution in [0.15, 0.2) is 106 Å². The molecule has 0 bridgehead atoms. The smallest absolute Gasteiger partial charge is 0.264 e. The normalized spacial score (nSPS) is 11.8. The van der Waals surface area contributed by atoms with Gasteiger partial charge >= 0.3 is 0 Å². The second-order valence-electron chi connectivity index (χ2n) is 10.3. The van der Waals surface area contributed by atoms with E-state index in [0.29, 0.717) is 12.3 Å². The van der Waals surface area contributed by atoms with Gasteiger partial charge < -0.3 is 19.7 Å². The molecule has 0 saturated carbocycles. The van der Waals surface area contributed by atoms with Gasteiger partial charge in [-0.15, -0.1) is 0 Å². The molecule has 2 amide bonds. The summed E-state index contributed by atoms with van der Waals surface area (Å²) < 4.78 is 54.7. The topological polar surface area (TPSA) is 105 Å². The number of halogens is 2. The number of benzene rings is 4. The predicted octanol–water partition coefficient (Wildman–Crippen LogP) is 5.58. The van der Waals surface area contributed by atoms with Crippen LogP contribution in [0.4, 0.5) is 10.1 Å². The van der Waals surface area contributed by atoms with Gasteiger partial charge in [0.2, 0.25) is 11.8 Å². The Morgan fingerprint density at radius 3 is 2.13 bits per heavy atom. The Morgan fingerprint density at radius 1 is 0.870 bits per heavy atom. The lowest BCUT2D eigenvalue weighted by Gasteiger charge is -2.34. The fourth-order valence-corrected chi connectivity index (χ4v) is 6.57. The predicted molar refractivity (Wildman–Crippen MR) is 178 cm³/mol. The van der Waals surface area contributed by atoms with Crippen LogP contribution in [0.25, 0.3) is 0 Å². The molecule has 0 aliphatic carbocycles. The molecule has 4 rings (SSSR count). The average molecular weight is 713 g/mol. The first-order valence-corrected chi connectivity index (χ1v) is 16.7. The first-order chi connectivity index (χ1) is 22.1. The molecule has 242 valence electrons. The minimum absolute atomic E-state index is 0.0222. The van der Waals surface area contributed by atoms with E-state index in [2.05, 4.69) is 21.2 Å². The first-order valence-electron chi connectivity index (χ1n) is 14.4. The Balaban J connectivity index is 1.81. The van der Waals surface area contributed by atoms with Gasteiger partial charge in [0.15, 0.2) is 11.5 Å². The zero-order chi connectivity index (χ0) is 33.3. The van der Waals surface area contributed by atoms with Crippen molar-refractivity contribution < 1.29 is 31.9 Å². The Kier molecular flexibility index (Phi) is 11.8. The van der Waals surface area contributed by atoms with Crippen molar-refractivity contribution in [2.24, 2.45) is 0 Å². The summed E-state index contributed by atoms with van der Waals surface area (Å²) in [6, 6.07) is 24.4. The van der Waals surface area contributed by atoms with Crippen molar-refractivity contribution in [3.63, 3.8) is 0 Å². The fourth-order valence-electron chi connectivity index (χ4n) is 4.87. The van der Waals surface area contributed by atoms with Crippen molar-refractivity contribution in [1.82, 2.24) is 10.2 Å². The van der Waals surface area contributed by atoms with E-state index in [0.717, 1.165) is 32.0 Å². The van der Waals surface area contributed by atoms with Crippen LogP contribution in [-0.2, 0) is 32.6 Å². The number of likely N-dealkylation sites (N-methyl/N-ethyl adjacent to an activating group) is 1. The number of amides is 2. The third-order valence-corrected chi connectivity index (χ3v) is 9.52. The molecule has 46 heavy (non-hydrogen) atoms. The highest BCUT2D eigenvalue weighted by Crippen LogP contribution is 2.32. The van der Waals surface area contributed by atoms with Gasteiger partial charge in [-0.1, -0.05) is 58.4 Å². The van der Waals surface area contributed by atoms with Crippen LogP contribution in [0.5, 0.6) is 11.5 Å². The number of methoxy groups -OCH3 is 2. The number of carbonyl (C=O) groups excluding carboxylic acids is 2. The third kappa shape index (κ3) is 8.43. The van der Waals surface area contributed by atoms with Gasteiger partial charge in [-0.3, -0.25) is 13.9 Å². The molecule has 0 radical (unpaired) electrons. The molecule has 0 aromatic heterocycles. The number of sulfonamides is 1. The summed E-state index contributed by atoms with van der Waals surface area (Å²) in [5.41, 5.74) is 1.61. The molecule has 1 N–H and O–H groups in total. The molecule has 0 unspecified atom stereocenters.